The van der Waals surface area contributed by atoms with Crippen molar-refractivity contribution >= 4 is 0 Å². The molecule has 1 unspecified atom stereocenters. The minimum absolute atomic E-state index is 0.247. The van der Waals surface area contributed by atoms with Crippen molar-refractivity contribution in [3.63, 3.8) is 0 Å². The Hall–Kier alpha value is -0.120. The van der Waals surface area contributed by atoms with E-state index in [1.807, 2.05) is 0 Å². The number of hydrogen-bond donors (Lipinski definition) is 2. The number of ether oxygens (including phenoxy) is 1. The second kappa shape index (κ2) is 2.49. The Morgan fingerprint density at radius 3 is 2.60 bits per heavy atom. The number of rotatable bonds is 0. The number of aliphatic hydroxyl groups excluding tert-OH is 1. The molecular formula is C7H14O3. The molecule has 0 aromatic rings. The van der Waals surface area contributed by atoms with Crippen LogP contribution >= 0.6 is 0 Å². The topological polar surface area (TPSA) is 49.7 Å². The van der Waals surface area contributed by atoms with Crippen molar-refractivity contribution in [1.29, 1.82) is 0 Å². The lowest BCUT2D eigenvalue weighted by Gasteiger charge is -2.37. The van der Waals surface area contributed by atoms with E-state index in [9.17, 15) is 10.2 Å². The molecule has 0 spiro atoms. The van der Waals surface area contributed by atoms with E-state index in [1.165, 1.54) is 0 Å². The Morgan fingerprint density at radius 1 is 1.60 bits per heavy atom. The van der Waals surface area contributed by atoms with E-state index in [-0.39, 0.29) is 6.10 Å². The maximum atomic E-state index is 9.48. The maximum absolute atomic E-state index is 9.48. The van der Waals surface area contributed by atoms with Gasteiger partial charge < -0.3 is 14.9 Å². The standard InChI is InChI=1S/C7H14O3/c1-5-6(8)7(2,9)3-4-10-5/h5-6,8-9H,3-4H2,1-2H3/t5-,6?,7+/m0/s1. The summed E-state index contributed by atoms with van der Waals surface area (Å²) in [4.78, 5) is 0. The molecule has 1 fully saturated rings. The predicted molar refractivity (Wildman–Crippen MR) is 36.7 cm³/mol. The molecule has 0 amide bonds. The van der Waals surface area contributed by atoms with Crippen molar-refractivity contribution in [2.45, 2.75) is 38.1 Å². The Kier molecular flexibility index (Phi) is 1.99. The third-order valence-electron chi connectivity index (χ3n) is 2.07. The van der Waals surface area contributed by atoms with Crippen LogP contribution in [0, 0.1) is 0 Å². The first kappa shape index (κ1) is 7.98. The highest BCUT2D eigenvalue weighted by Gasteiger charge is 2.38. The average Bonchev–Trinajstić information content (AvgIpc) is 1.83. The van der Waals surface area contributed by atoms with Gasteiger partial charge >= 0.3 is 0 Å². The van der Waals surface area contributed by atoms with Crippen LogP contribution in [0.25, 0.3) is 0 Å². The second-order valence-electron chi connectivity index (χ2n) is 3.13. The highest BCUT2D eigenvalue weighted by Crippen LogP contribution is 2.24. The Morgan fingerprint density at radius 2 is 2.20 bits per heavy atom. The quantitative estimate of drug-likeness (QED) is 0.502. The number of hydrogen-bond acceptors (Lipinski definition) is 3. The normalized spacial score (nSPS) is 49.2. The van der Waals surface area contributed by atoms with Gasteiger partial charge in [0.1, 0.15) is 6.10 Å². The van der Waals surface area contributed by atoms with E-state index in [4.69, 9.17) is 4.74 Å². The van der Waals surface area contributed by atoms with Gasteiger partial charge in [-0.25, -0.2) is 0 Å². The molecule has 3 nitrogen and oxygen atoms in total. The van der Waals surface area contributed by atoms with Gasteiger partial charge in [-0.15, -0.1) is 0 Å². The van der Waals surface area contributed by atoms with Crippen molar-refractivity contribution in [2.75, 3.05) is 6.61 Å². The van der Waals surface area contributed by atoms with E-state index < -0.39 is 11.7 Å². The highest BCUT2D eigenvalue weighted by molar-refractivity contribution is 4.88. The Labute approximate surface area is 60.6 Å². The van der Waals surface area contributed by atoms with Crippen LogP contribution in [0.2, 0.25) is 0 Å². The summed E-state index contributed by atoms with van der Waals surface area (Å²) in [5.41, 5.74) is -0.961. The van der Waals surface area contributed by atoms with Gasteiger partial charge in [0.15, 0.2) is 0 Å². The fourth-order valence-electron chi connectivity index (χ4n) is 1.20. The summed E-state index contributed by atoms with van der Waals surface area (Å²) in [7, 11) is 0. The van der Waals surface area contributed by atoms with E-state index >= 15 is 0 Å². The fourth-order valence-corrected chi connectivity index (χ4v) is 1.20. The molecule has 2 N–H and O–H groups in total. The Bertz CT molecular complexity index is 122. The molecule has 1 aliphatic heterocycles. The number of aliphatic hydroxyl groups is 2. The molecule has 0 aromatic heterocycles. The predicted octanol–water partition coefficient (Wildman–Crippen LogP) is -0.0929. The lowest BCUT2D eigenvalue weighted by Crippen LogP contribution is -2.51. The lowest BCUT2D eigenvalue weighted by atomic mass is 9.90. The van der Waals surface area contributed by atoms with Crippen LogP contribution in [0.4, 0.5) is 0 Å². The average molecular weight is 146 g/mol. The van der Waals surface area contributed by atoms with Crippen LogP contribution in [0.15, 0.2) is 0 Å². The third-order valence-corrected chi connectivity index (χ3v) is 2.07. The van der Waals surface area contributed by atoms with Gasteiger partial charge in [-0.05, 0) is 13.8 Å². The third kappa shape index (κ3) is 1.31. The van der Waals surface area contributed by atoms with Crippen LogP contribution in [-0.4, -0.2) is 34.6 Å². The van der Waals surface area contributed by atoms with Gasteiger partial charge in [-0.2, -0.15) is 0 Å². The largest absolute Gasteiger partial charge is 0.387 e. The smallest absolute Gasteiger partial charge is 0.108 e. The van der Waals surface area contributed by atoms with E-state index in [0.717, 1.165) is 0 Å². The van der Waals surface area contributed by atoms with Crippen LogP contribution < -0.4 is 0 Å². The van der Waals surface area contributed by atoms with Crippen LogP contribution in [0.3, 0.4) is 0 Å². The monoisotopic (exact) mass is 146 g/mol. The molecule has 3 atom stereocenters. The zero-order valence-corrected chi connectivity index (χ0v) is 6.37. The minimum Gasteiger partial charge on any atom is -0.387 e. The zero-order chi connectivity index (χ0) is 7.78. The molecule has 0 aromatic carbocycles. The molecule has 0 saturated carbocycles. The SMILES string of the molecule is C[C@@H]1OCC[C@@](C)(O)C1O. The molecule has 1 aliphatic rings. The minimum atomic E-state index is -0.961. The van der Waals surface area contributed by atoms with Crippen LogP contribution in [0.5, 0.6) is 0 Å². The molecule has 60 valence electrons. The molecule has 0 bridgehead atoms. The summed E-state index contributed by atoms with van der Waals surface area (Å²) in [5, 5.41) is 18.8. The van der Waals surface area contributed by atoms with Gasteiger partial charge in [-0.1, -0.05) is 0 Å². The summed E-state index contributed by atoms with van der Waals surface area (Å²) in [6.07, 6.45) is -0.483. The summed E-state index contributed by atoms with van der Waals surface area (Å²) in [6.45, 7) is 3.93. The maximum Gasteiger partial charge on any atom is 0.108 e. The van der Waals surface area contributed by atoms with E-state index in [0.29, 0.717) is 13.0 Å². The Balaban J connectivity index is 2.60. The molecule has 1 heterocycles. The molecule has 10 heavy (non-hydrogen) atoms. The second-order valence-corrected chi connectivity index (χ2v) is 3.13. The molecular weight excluding hydrogens is 132 g/mol. The van der Waals surface area contributed by atoms with Crippen molar-refractivity contribution in [3.05, 3.63) is 0 Å². The van der Waals surface area contributed by atoms with Crippen molar-refractivity contribution in [1.82, 2.24) is 0 Å². The molecule has 0 radical (unpaired) electrons. The van der Waals surface area contributed by atoms with Gasteiger partial charge in [0, 0.05) is 13.0 Å². The van der Waals surface area contributed by atoms with Gasteiger partial charge in [0.25, 0.3) is 0 Å². The molecule has 3 heteroatoms. The zero-order valence-electron chi connectivity index (χ0n) is 6.37. The summed E-state index contributed by atoms with van der Waals surface area (Å²) >= 11 is 0. The first-order chi connectivity index (χ1) is 4.54. The van der Waals surface area contributed by atoms with Gasteiger partial charge in [0.2, 0.25) is 0 Å². The summed E-state index contributed by atoms with van der Waals surface area (Å²) in [6, 6.07) is 0. The van der Waals surface area contributed by atoms with Gasteiger partial charge in [-0.3, -0.25) is 0 Å². The first-order valence-electron chi connectivity index (χ1n) is 3.56. The first-order valence-corrected chi connectivity index (χ1v) is 3.56. The van der Waals surface area contributed by atoms with Crippen molar-refractivity contribution in [3.8, 4) is 0 Å². The summed E-state index contributed by atoms with van der Waals surface area (Å²) < 4.78 is 5.12. The molecule has 1 saturated heterocycles. The molecule has 1 rings (SSSR count). The summed E-state index contributed by atoms with van der Waals surface area (Å²) in [5.74, 6) is 0. The van der Waals surface area contributed by atoms with Crippen LogP contribution in [-0.2, 0) is 4.74 Å². The van der Waals surface area contributed by atoms with Crippen molar-refractivity contribution < 1.29 is 14.9 Å². The molecule has 0 aliphatic carbocycles. The lowest BCUT2D eigenvalue weighted by molar-refractivity contribution is -0.175. The highest BCUT2D eigenvalue weighted by atomic mass is 16.5. The van der Waals surface area contributed by atoms with Crippen LogP contribution in [0.1, 0.15) is 20.3 Å². The van der Waals surface area contributed by atoms with Gasteiger partial charge in [0.05, 0.1) is 11.7 Å². The fraction of sp³-hybridized carbons (Fsp3) is 1.00. The van der Waals surface area contributed by atoms with Crippen molar-refractivity contribution in [2.24, 2.45) is 0 Å². The van der Waals surface area contributed by atoms with E-state index in [2.05, 4.69) is 0 Å². The van der Waals surface area contributed by atoms with E-state index in [1.54, 1.807) is 13.8 Å².